The molecule has 1 N–H and O–H groups in total. The highest BCUT2D eigenvalue weighted by atomic mass is 19.1. The van der Waals surface area contributed by atoms with Crippen LogP contribution in [-0.4, -0.2) is 12.6 Å². The fourth-order valence-electron chi connectivity index (χ4n) is 2.97. The number of benzene rings is 1. The molecular weight excluding hydrogens is 253 g/mol. The summed E-state index contributed by atoms with van der Waals surface area (Å²) in [6, 6.07) is 5.20. The molecule has 112 valence electrons. The zero-order chi connectivity index (χ0) is 14.5. The molecule has 3 atom stereocenters. The maximum atomic E-state index is 13.4. The summed E-state index contributed by atoms with van der Waals surface area (Å²) < 4.78 is 19.5. The molecule has 2 rings (SSSR count). The molecule has 20 heavy (non-hydrogen) atoms. The predicted octanol–water partition coefficient (Wildman–Crippen LogP) is 4.45. The molecule has 0 fully saturated rings. The molecule has 3 unspecified atom stereocenters. The van der Waals surface area contributed by atoms with Crippen LogP contribution in [0.5, 0.6) is 5.75 Å². The SMILES string of the molecule is CCCNC1CC(C(C)CCC)Oc2cc(F)ccc21. The summed E-state index contributed by atoms with van der Waals surface area (Å²) in [6.07, 6.45) is 4.56. The predicted molar refractivity (Wildman–Crippen MR) is 80.5 cm³/mol. The second-order valence-corrected chi connectivity index (χ2v) is 5.85. The van der Waals surface area contributed by atoms with E-state index < -0.39 is 0 Å². The van der Waals surface area contributed by atoms with Gasteiger partial charge in [0.15, 0.2) is 0 Å². The molecule has 1 aromatic rings. The Morgan fingerprint density at radius 2 is 2.15 bits per heavy atom. The van der Waals surface area contributed by atoms with Crippen molar-refractivity contribution in [3.63, 3.8) is 0 Å². The van der Waals surface area contributed by atoms with Gasteiger partial charge in [-0.3, -0.25) is 0 Å². The Balaban J connectivity index is 2.20. The third-order valence-electron chi connectivity index (χ3n) is 4.12. The number of rotatable bonds is 6. The second kappa shape index (κ2) is 7.07. The van der Waals surface area contributed by atoms with Gasteiger partial charge in [0, 0.05) is 24.1 Å². The van der Waals surface area contributed by atoms with Crippen molar-refractivity contribution >= 4 is 0 Å². The van der Waals surface area contributed by atoms with Gasteiger partial charge in [0.1, 0.15) is 17.7 Å². The van der Waals surface area contributed by atoms with Crippen LogP contribution in [0.3, 0.4) is 0 Å². The highest BCUT2D eigenvalue weighted by Crippen LogP contribution is 2.38. The monoisotopic (exact) mass is 279 g/mol. The summed E-state index contributed by atoms with van der Waals surface area (Å²) in [5.41, 5.74) is 1.10. The van der Waals surface area contributed by atoms with E-state index in [1.54, 1.807) is 0 Å². The quantitative estimate of drug-likeness (QED) is 0.830. The number of hydrogen-bond acceptors (Lipinski definition) is 2. The fourth-order valence-corrected chi connectivity index (χ4v) is 2.97. The first-order valence-electron chi connectivity index (χ1n) is 7.85. The van der Waals surface area contributed by atoms with Crippen LogP contribution in [0.25, 0.3) is 0 Å². The lowest BCUT2D eigenvalue weighted by atomic mass is 9.88. The van der Waals surface area contributed by atoms with Gasteiger partial charge in [0.05, 0.1) is 0 Å². The maximum Gasteiger partial charge on any atom is 0.127 e. The molecule has 0 saturated heterocycles. The van der Waals surface area contributed by atoms with Gasteiger partial charge in [-0.15, -0.1) is 0 Å². The normalized spacial score (nSPS) is 23.0. The molecule has 0 saturated carbocycles. The third kappa shape index (κ3) is 3.51. The van der Waals surface area contributed by atoms with E-state index in [9.17, 15) is 4.39 Å². The van der Waals surface area contributed by atoms with Gasteiger partial charge < -0.3 is 10.1 Å². The van der Waals surface area contributed by atoms with Gasteiger partial charge in [0.25, 0.3) is 0 Å². The van der Waals surface area contributed by atoms with E-state index in [2.05, 4.69) is 26.1 Å². The lowest BCUT2D eigenvalue weighted by molar-refractivity contribution is 0.0949. The molecule has 0 spiro atoms. The van der Waals surface area contributed by atoms with E-state index in [-0.39, 0.29) is 18.0 Å². The van der Waals surface area contributed by atoms with Crippen molar-refractivity contribution in [1.82, 2.24) is 5.32 Å². The zero-order valence-corrected chi connectivity index (χ0v) is 12.8. The molecular formula is C17H26FNO. The van der Waals surface area contributed by atoms with Crippen LogP contribution >= 0.6 is 0 Å². The number of ether oxygens (including phenoxy) is 1. The maximum absolute atomic E-state index is 13.4. The molecule has 0 aliphatic carbocycles. The van der Waals surface area contributed by atoms with Crippen molar-refractivity contribution < 1.29 is 9.13 Å². The van der Waals surface area contributed by atoms with E-state index in [1.807, 2.05) is 6.07 Å². The molecule has 0 radical (unpaired) electrons. The van der Waals surface area contributed by atoms with Crippen LogP contribution in [0.2, 0.25) is 0 Å². The van der Waals surface area contributed by atoms with E-state index in [0.717, 1.165) is 43.5 Å². The van der Waals surface area contributed by atoms with Crippen LogP contribution < -0.4 is 10.1 Å². The summed E-state index contributed by atoms with van der Waals surface area (Å²) in [4.78, 5) is 0. The minimum Gasteiger partial charge on any atom is -0.490 e. The number of fused-ring (bicyclic) bond motifs is 1. The lowest BCUT2D eigenvalue weighted by Gasteiger charge is -2.35. The van der Waals surface area contributed by atoms with Gasteiger partial charge in [-0.25, -0.2) is 4.39 Å². The van der Waals surface area contributed by atoms with Crippen molar-refractivity contribution in [1.29, 1.82) is 0 Å². The molecule has 0 aromatic heterocycles. The minimum absolute atomic E-state index is 0.179. The van der Waals surface area contributed by atoms with E-state index in [4.69, 9.17) is 4.74 Å². The number of hydrogen-bond donors (Lipinski definition) is 1. The second-order valence-electron chi connectivity index (χ2n) is 5.85. The molecule has 0 bridgehead atoms. The average Bonchev–Trinajstić information content (AvgIpc) is 2.44. The van der Waals surface area contributed by atoms with Crippen molar-refractivity contribution in [3.8, 4) is 5.75 Å². The van der Waals surface area contributed by atoms with Crippen molar-refractivity contribution in [2.75, 3.05) is 6.54 Å². The van der Waals surface area contributed by atoms with Crippen LogP contribution in [0, 0.1) is 11.7 Å². The minimum atomic E-state index is -0.221. The van der Waals surface area contributed by atoms with E-state index in [1.165, 1.54) is 12.1 Å². The number of halogens is 1. The highest BCUT2D eigenvalue weighted by molar-refractivity contribution is 5.38. The Kier molecular flexibility index (Phi) is 5.41. The van der Waals surface area contributed by atoms with Gasteiger partial charge >= 0.3 is 0 Å². The molecule has 1 aliphatic heterocycles. The highest BCUT2D eigenvalue weighted by Gasteiger charge is 2.31. The smallest absolute Gasteiger partial charge is 0.127 e. The first-order valence-corrected chi connectivity index (χ1v) is 7.85. The first-order chi connectivity index (χ1) is 9.65. The molecule has 0 amide bonds. The summed E-state index contributed by atoms with van der Waals surface area (Å²) in [5.74, 6) is 1.00. The fraction of sp³-hybridized carbons (Fsp3) is 0.647. The van der Waals surface area contributed by atoms with Gasteiger partial charge in [-0.05, 0) is 31.4 Å². The van der Waals surface area contributed by atoms with Gasteiger partial charge in [-0.1, -0.05) is 33.3 Å². The van der Waals surface area contributed by atoms with E-state index >= 15 is 0 Å². The van der Waals surface area contributed by atoms with Crippen molar-refractivity contribution in [3.05, 3.63) is 29.6 Å². The Morgan fingerprint density at radius 3 is 2.85 bits per heavy atom. The molecule has 1 aliphatic rings. The summed E-state index contributed by atoms with van der Waals surface area (Å²) >= 11 is 0. The van der Waals surface area contributed by atoms with Crippen LogP contribution in [0.1, 0.15) is 58.1 Å². The molecule has 3 heteroatoms. The molecule has 2 nitrogen and oxygen atoms in total. The van der Waals surface area contributed by atoms with E-state index in [0.29, 0.717) is 5.92 Å². The van der Waals surface area contributed by atoms with Gasteiger partial charge in [-0.2, -0.15) is 0 Å². The summed E-state index contributed by atoms with van der Waals surface area (Å²) in [6.45, 7) is 7.57. The van der Waals surface area contributed by atoms with Crippen molar-refractivity contribution in [2.24, 2.45) is 5.92 Å². The topological polar surface area (TPSA) is 21.3 Å². The molecule has 1 heterocycles. The first kappa shape index (κ1) is 15.3. The van der Waals surface area contributed by atoms with Crippen LogP contribution in [0.4, 0.5) is 4.39 Å². The Bertz CT molecular complexity index is 435. The zero-order valence-electron chi connectivity index (χ0n) is 12.8. The largest absolute Gasteiger partial charge is 0.490 e. The summed E-state index contributed by atoms with van der Waals surface area (Å²) in [5, 5.41) is 3.57. The Labute approximate surface area is 121 Å². The Morgan fingerprint density at radius 1 is 1.35 bits per heavy atom. The third-order valence-corrected chi connectivity index (χ3v) is 4.12. The average molecular weight is 279 g/mol. The Hall–Kier alpha value is -1.09. The van der Waals surface area contributed by atoms with Gasteiger partial charge in [0.2, 0.25) is 0 Å². The van der Waals surface area contributed by atoms with Crippen molar-refractivity contribution in [2.45, 2.75) is 58.6 Å². The van der Waals surface area contributed by atoms with Crippen LogP contribution in [0.15, 0.2) is 18.2 Å². The summed E-state index contributed by atoms with van der Waals surface area (Å²) in [7, 11) is 0. The van der Waals surface area contributed by atoms with Crippen LogP contribution in [-0.2, 0) is 0 Å². The number of nitrogens with one attached hydrogen (secondary N) is 1. The molecule has 1 aromatic carbocycles. The standard InChI is InChI=1S/C17H26FNO/c1-4-6-12(3)16-11-15(19-9-5-2)14-8-7-13(18)10-17(14)20-16/h7-8,10,12,15-16,19H,4-6,9,11H2,1-3H3. The lowest BCUT2D eigenvalue weighted by Crippen LogP contribution is -2.36.